The fraction of sp³-hybridized carbons (Fsp3) is 0.143. The molecule has 0 aliphatic heterocycles. The molecule has 3 aromatic carbocycles. The van der Waals surface area contributed by atoms with Crippen LogP contribution in [0.2, 0.25) is 0 Å². The molecule has 2 amide bonds. The molecule has 1 aromatic heterocycles. The predicted molar refractivity (Wildman–Crippen MR) is 136 cm³/mol. The number of hydrogen-bond acceptors (Lipinski definition) is 5. The van der Waals surface area contributed by atoms with Crippen LogP contribution in [0.15, 0.2) is 91.0 Å². The molecule has 36 heavy (non-hydrogen) atoms. The summed E-state index contributed by atoms with van der Waals surface area (Å²) in [6.07, 6.45) is 0. The van der Waals surface area contributed by atoms with Gasteiger partial charge in [0.15, 0.2) is 12.6 Å². The molecule has 8 nitrogen and oxygen atoms in total. The minimum atomic E-state index is -1.07. The third kappa shape index (κ3) is 5.67. The Balaban J connectivity index is 1.43. The van der Waals surface area contributed by atoms with Crippen LogP contribution in [0.25, 0.3) is 5.69 Å². The summed E-state index contributed by atoms with van der Waals surface area (Å²) >= 11 is 0. The minimum Gasteiger partial charge on any atom is -0.454 e. The highest BCUT2D eigenvalue weighted by atomic mass is 16.5. The van der Waals surface area contributed by atoms with E-state index in [0.29, 0.717) is 22.5 Å². The number of aryl methyl sites for hydroxylation is 1. The first-order chi connectivity index (χ1) is 17.4. The monoisotopic (exact) mass is 482 g/mol. The van der Waals surface area contributed by atoms with Crippen molar-refractivity contribution in [2.24, 2.45) is 0 Å². The van der Waals surface area contributed by atoms with E-state index >= 15 is 0 Å². The van der Waals surface area contributed by atoms with Gasteiger partial charge in [-0.1, -0.05) is 66.7 Å². The van der Waals surface area contributed by atoms with Crippen molar-refractivity contribution in [3.05, 3.63) is 114 Å². The van der Waals surface area contributed by atoms with Crippen LogP contribution in [0.4, 0.5) is 5.69 Å². The zero-order chi connectivity index (χ0) is 25.5. The Kier molecular flexibility index (Phi) is 7.55. The summed E-state index contributed by atoms with van der Waals surface area (Å²) in [5, 5.41) is 9.99. The van der Waals surface area contributed by atoms with E-state index in [1.807, 2.05) is 37.3 Å². The van der Waals surface area contributed by atoms with Gasteiger partial charge in [-0.2, -0.15) is 5.10 Å². The average Bonchev–Trinajstić information content (AvgIpc) is 3.20. The van der Waals surface area contributed by atoms with Crippen molar-refractivity contribution in [2.45, 2.75) is 19.9 Å². The van der Waals surface area contributed by atoms with Crippen LogP contribution in [0.5, 0.6) is 0 Å². The smallest absolute Gasteiger partial charge is 0.333 e. The average molecular weight is 483 g/mol. The number of hydrogen-bond donors (Lipinski definition) is 2. The molecule has 182 valence electrons. The Morgan fingerprint density at radius 2 is 1.44 bits per heavy atom. The summed E-state index contributed by atoms with van der Waals surface area (Å²) in [7, 11) is 0. The molecular formula is C28H26N4O4. The van der Waals surface area contributed by atoms with Gasteiger partial charge in [0.05, 0.1) is 22.8 Å². The summed E-state index contributed by atoms with van der Waals surface area (Å²) in [4.78, 5) is 38.3. The van der Waals surface area contributed by atoms with Gasteiger partial charge in [0.25, 0.3) is 11.8 Å². The van der Waals surface area contributed by atoms with Crippen LogP contribution in [-0.2, 0) is 14.3 Å². The maximum Gasteiger partial charge on any atom is 0.333 e. The number of aromatic nitrogens is 2. The van der Waals surface area contributed by atoms with Gasteiger partial charge in [0.1, 0.15) is 0 Å². The van der Waals surface area contributed by atoms with E-state index in [0.717, 1.165) is 11.4 Å². The van der Waals surface area contributed by atoms with E-state index in [4.69, 9.17) is 4.74 Å². The van der Waals surface area contributed by atoms with Crippen LogP contribution in [0, 0.1) is 13.8 Å². The lowest BCUT2D eigenvalue weighted by Gasteiger charge is -2.18. The number of nitrogens with zero attached hydrogens (tertiary/aromatic N) is 2. The largest absolute Gasteiger partial charge is 0.454 e. The third-order valence-electron chi connectivity index (χ3n) is 5.58. The van der Waals surface area contributed by atoms with Gasteiger partial charge >= 0.3 is 5.97 Å². The number of esters is 1. The second-order valence-corrected chi connectivity index (χ2v) is 8.13. The highest BCUT2D eigenvalue weighted by Crippen LogP contribution is 2.23. The van der Waals surface area contributed by atoms with E-state index in [1.165, 1.54) is 0 Å². The summed E-state index contributed by atoms with van der Waals surface area (Å²) in [6, 6.07) is 25.8. The van der Waals surface area contributed by atoms with E-state index in [9.17, 15) is 14.4 Å². The maximum absolute atomic E-state index is 13.0. The zero-order valence-electron chi connectivity index (χ0n) is 20.0. The number of benzene rings is 3. The molecule has 0 saturated heterocycles. The molecule has 0 spiro atoms. The van der Waals surface area contributed by atoms with Crippen molar-refractivity contribution in [3.63, 3.8) is 0 Å². The highest BCUT2D eigenvalue weighted by molar-refractivity contribution is 5.98. The predicted octanol–water partition coefficient (Wildman–Crippen LogP) is 4.14. The molecule has 0 aliphatic rings. The fourth-order valence-electron chi connectivity index (χ4n) is 3.77. The zero-order valence-corrected chi connectivity index (χ0v) is 20.0. The molecule has 1 atom stereocenters. The molecule has 1 unspecified atom stereocenters. The van der Waals surface area contributed by atoms with Crippen LogP contribution >= 0.6 is 0 Å². The van der Waals surface area contributed by atoms with Crippen LogP contribution < -0.4 is 10.6 Å². The molecular weight excluding hydrogens is 456 g/mol. The van der Waals surface area contributed by atoms with Crippen molar-refractivity contribution in [2.75, 3.05) is 11.9 Å². The maximum atomic E-state index is 13.0. The summed E-state index contributed by atoms with van der Waals surface area (Å²) in [5.41, 5.74) is 3.75. The molecule has 4 aromatic rings. The quantitative estimate of drug-likeness (QED) is 0.368. The van der Waals surface area contributed by atoms with Gasteiger partial charge in [-0.15, -0.1) is 0 Å². The number of carbonyl (C=O) groups excluding carboxylic acids is 3. The van der Waals surface area contributed by atoms with Crippen LogP contribution in [0.3, 0.4) is 0 Å². The fourth-order valence-corrected chi connectivity index (χ4v) is 3.77. The van der Waals surface area contributed by atoms with Crippen molar-refractivity contribution >= 4 is 23.5 Å². The summed E-state index contributed by atoms with van der Waals surface area (Å²) in [5.74, 6) is -1.68. The Labute approximate surface area is 208 Å². The molecule has 0 aliphatic carbocycles. The van der Waals surface area contributed by atoms with Gasteiger partial charge in [0, 0.05) is 5.56 Å². The molecule has 1 heterocycles. The van der Waals surface area contributed by atoms with Gasteiger partial charge in [-0.3, -0.25) is 9.59 Å². The molecule has 8 heteroatoms. The molecule has 2 N–H and O–H groups in total. The Bertz CT molecular complexity index is 1350. The number of amides is 2. The lowest BCUT2D eigenvalue weighted by molar-refractivity contribution is -0.149. The molecule has 0 bridgehead atoms. The Morgan fingerprint density at radius 1 is 0.861 bits per heavy atom. The van der Waals surface area contributed by atoms with E-state index in [2.05, 4.69) is 15.7 Å². The first-order valence-corrected chi connectivity index (χ1v) is 11.4. The topological polar surface area (TPSA) is 102 Å². The van der Waals surface area contributed by atoms with Crippen molar-refractivity contribution in [3.8, 4) is 5.69 Å². The number of anilines is 1. The van der Waals surface area contributed by atoms with Crippen molar-refractivity contribution < 1.29 is 19.1 Å². The first kappa shape index (κ1) is 24.4. The second kappa shape index (κ2) is 11.1. The molecule has 0 saturated carbocycles. The van der Waals surface area contributed by atoms with Gasteiger partial charge < -0.3 is 15.4 Å². The molecule has 0 fully saturated rings. The van der Waals surface area contributed by atoms with Crippen molar-refractivity contribution in [1.29, 1.82) is 0 Å². The summed E-state index contributed by atoms with van der Waals surface area (Å²) < 4.78 is 7.05. The Morgan fingerprint density at radius 3 is 2.08 bits per heavy atom. The first-order valence-electron chi connectivity index (χ1n) is 11.4. The number of ether oxygens (including phenoxy) is 1. The van der Waals surface area contributed by atoms with Gasteiger partial charge in [0.2, 0.25) is 0 Å². The second-order valence-electron chi connectivity index (χ2n) is 8.13. The van der Waals surface area contributed by atoms with E-state index < -0.39 is 30.4 Å². The van der Waals surface area contributed by atoms with Crippen LogP contribution in [0.1, 0.15) is 33.4 Å². The Hall–Kier alpha value is -4.72. The van der Waals surface area contributed by atoms with Gasteiger partial charge in [-0.25, -0.2) is 9.48 Å². The highest BCUT2D eigenvalue weighted by Gasteiger charge is 2.26. The lowest BCUT2D eigenvalue weighted by atomic mass is 10.1. The lowest BCUT2D eigenvalue weighted by Crippen LogP contribution is -2.36. The van der Waals surface area contributed by atoms with E-state index in [1.54, 1.807) is 72.3 Å². The third-order valence-corrected chi connectivity index (χ3v) is 5.58. The standard InChI is InChI=1S/C28H26N4O4/c1-19-25(20(2)32(31-19)23-16-10-5-11-17-23)29-24(33)18-36-28(35)26(21-12-6-3-7-13-21)30-27(34)22-14-8-4-9-15-22/h3-17,26H,18H2,1-2H3,(H,29,33)(H,30,34). The van der Waals surface area contributed by atoms with E-state index in [-0.39, 0.29) is 0 Å². The number of nitrogens with one attached hydrogen (secondary N) is 2. The van der Waals surface area contributed by atoms with Gasteiger partial charge in [-0.05, 0) is 43.7 Å². The number of rotatable bonds is 8. The normalized spacial score (nSPS) is 11.4. The number of carbonyl (C=O) groups is 3. The summed E-state index contributed by atoms with van der Waals surface area (Å²) in [6.45, 7) is 3.12. The van der Waals surface area contributed by atoms with Crippen molar-refractivity contribution in [1.82, 2.24) is 15.1 Å². The number of para-hydroxylation sites is 1. The van der Waals surface area contributed by atoms with Crippen LogP contribution in [-0.4, -0.2) is 34.2 Å². The SMILES string of the molecule is Cc1nn(-c2ccccc2)c(C)c1NC(=O)COC(=O)C(NC(=O)c1ccccc1)c1ccccc1. The minimum absolute atomic E-state index is 0.408. The molecule has 0 radical (unpaired) electrons. The molecule has 4 rings (SSSR count).